The van der Waals surface area contributed by atoms with E-state index in [1.807, 2.05) is 0 Å². The Morgan fingerprint density at radius 2 is 1.83 bits per heavy atom. The van der Waals surface area contributed by atoms with E-state index in [1.165, 1.54) is 0 Å². The molecule has 0 fully saturated rings. The number of hydrogen-bond donors (Lipinski definition) is 0. The standard InChI is InChI=1S/C3H6NO.Sn/c1-4(2)3-5;/h1-2H3;. The number of rotatable bonds is 0. The van der Waals surface area contributed by atoms with Crippen molar-refractivity contribution >= 4 is 26.4 Å². The van der Waals surface area contributed by atoms with E-state index in [9.17, 15) is 4.79 Å². The fourth-order valence-corrected chi connectivity index (χ4v) is 0. The van der Waals surface area contributed by atoms with Gasteiger partial charge < -0.3 is 0 Å². The van der Waals surface area contributed by atoms with Crippen LogP contribution < -0.4 is 0 Å². The van der Waals surface area contributed by atoms with Crippen molar-refractivity contribution in [3.05, 3.63) is 0 Å². The number of hydrogen-bond acceptors (Lipinski definition) is 1. The summed E-state index contributed by atoms with van der Waals surface area (Å²) in [5.74, 6) is 0. The summed E-state index contributed by atoms with van der Waals surface area (Å²) in [4.78, 5) is 11.7. The van der Waals surface area contributed by atoms with Gasteiger partial charge in [0, 0.05) is 0 Å². The van der Waals surface area contributed by atoms with Crippen LogP contribution in [0.4, 0.5) is 4.79 Å². The Labute approximate surface area is 50.6 Å². The van der Waals surface area contributed by atoms with Crippen molar-refractivity contribution in [1.29, 1.82) is 0 Å². The van der Waals surface area contributed by atoms with Crippen LogP contribution in [-0.2, 0) is 0 Å². The summed E-state index contributed by atoms with van der Waals surface area (Å²) in [5.41, 5.74) is 0. The Bertz CT molecular complexity index is 61.8. The molecule has 0 N–H and O–H groups in total. The molecule has 33 valence electrons. The van der Waals surface area contributed by atoms with Crippen molar-refractivity contribution in [3.8, 4) is 0 Å². The van der Waals surface area contributed by atoms with E-state index in [1.54, 1.807) is 19.0 Å². The average Bonchev–Trinajstić information content (AvgIpc) is 1.36. The van der Waals surface area contributed by atoms with Gasteiger partial charge in [-0.15, -0.1) is 0 Å². The molecule has 1 amide bonds. The molecule has 0 atom stereocenters. The van der Waals surface area contributed by atoms with Gasteiger partial charge in [0.25, 0.3) is 0 Å². The topological polar surface area (TPSA) is 20.3 Å². The Morgan fingerprint density at radius 3 is 1.83 bits per heavy atom. The van der Waals surface area contributed by atoms with Gasteiger partial charge in [0.2, 0.25) is 0 Å². The van der Waals surface area contributed by atoms with Gasteiger partial charge in [-0.25, -0.2) is 0 Å². The fraction of sp³-hybridized carbons (Fsp3) is 0.667. The number of nitrogens with zero attached hydrogens (tertiary/aromatic N) is 1. The second-order valence-corrected chi connectivity index (χ2v) is 2.42. The SMILES string of the molecule is CN(C)[C](=O)[Sn]. The Hall–Kier alpha value is 0.269. The minimum atomic E-state index is 0.183. The monoisotopic (exact) mass is 192 g/mol. The molecule has 0 aromatic carbocycles. The summed E-state index contributed by atoms with van der Waals surface area (Å²) in [7, 11) is 3.49. The van der Waals surface area contributed by atoms with Crippen LogP contribution in [0.2, 0.25) is 0 Å². The molecule has 0 aliphatic rings. The number of carbonyl (C=O) groups is 1. The van der Waals surface area contributed by atoms with Crippen LogP contribution in [0.25, 0.3) is 0 Å². The predicted molar refractivity (Wildman–Crippen MR) is 24.8 cm³/mol. The maximum atomic E-state index is 10.1. The van der Waals surface area contributed by atoms with Gasteiger partial charge in [-0.2, -0.15) is 0 Å². The van der Waals surface area contributed by atoms with E-state index in [4.69, 9.17) is 0 Å². The summed E-state index contributed by atoms with van der Waals surface area (Å²) < 4.78 is 0.183. The molecule has 0 rings (SSSR count). The van der Waals surface area contributed by atoms with Gasteiger partial charge in [0.05, 0.1) is 0 Å². The zero-order valence-electron chi connectivity index (χ0n) is 3.86. The van der Waals surface area contributed by atoms with Crippen LogP contribution in [0, 0.1) is 0 Å². The van der Waals surface area contributed by atoms with Gasteiger partial charge >= 0.3 is 50.2 Å². The van der Waals surface area contributed by atoms with Gasteiger partial charge in [-0.1, -0.05) is 0 Å². The number of amides is 1. The Morgan fingerprint density at radius 1 is 1.67 bits per heavy atom. The van der Waals surface area contributed by atoms with Crippen LogP contribution in [0.3, 0.4) is 0 Å². The average molecular weight is 191 g/mol. The van der Waals surface area contributed by atoms with E-state index in [0.717, 1.165) is 22.5 Å². The van der Waals surface area contributed by atoms with E-state index in [0.29, 0.717) is 0 Å². The third-order valence-corrected chi connectivity index (χ3v) is 1.68. The van der Waals surface area contributed by atoms with Crippen molar-refractivity contribution in [2.24, 2.45) is 0 Å². The first-order valence-electron chi connectivity index (χ1n) is 1.57. The summed E-state index contributed by atoms with van der Waals surface area (Å²) in [6.45, 7) is 0. The molecule has 0 spiro atoms. The molecule has 0 aromatic heterocycles. The van der Waals surface area contributed by atoms with Crippen LogP contribution in [-0.4, -0.2) is 45.4 Å². The van der Waals surface area contributed by atoms with E-state index < -0.39 is 0 Å². The van der Waals surface area contributed by atoms with Gasteiger partial charge in [0.15, 0.2) is 0 Å². The van der Waals surface area contributed by atoms with Crippen molar-refractivity contribution < 1.29 is 4.79 Å². The molecule has 6 heavy (non-hydrogen) atoms. The Balaban J connectivity index is 3.26. The van der Waals surface area contributed by atoms with Gasteiger partial charge in [0.1, 0.15) is 0 Å². The van der Waals surface area contributed by atoms with E-state index >= 15 is 0 Å². The molecule has 0 unspecified atom stereocenters. The maximum absolute atomic E-state index is 10.1. The second kappa shape index (κ2) is 2.44. The molecule has 0 bridgehead atoms. The van der Waals surface area contributed by atoms with Crippen LogP contribution >= 0.6 is 0 Å². The first-order chi connectivity index (χ1) is 2.64. The molecule has 0 heterocycles. The molecule has 0 aliphatic heterocycles. The molecular formula is C3H6NOSn. The minimum absolute atomic E-state index is 0.183. The second-order valence-electron chi connectivity index (χ2n) is 1.20. The third kappa shape index (κ3) is 2.50. The summed E-state index contributed by atoms with van der Waals surface area (Å²) in [5, 5.41) is 0. The number of carbonyl (C=O) groups excluding carboxylic acids is 1. The van der Waals surface area contributed by atoms with Crippen LogP contribution in [0.1, 0.15) is 0 Å². The van der Waals surface area contributed by atoms with Gasteiger partial charge in [-0.3, -0.25) is 0 Å². The van der Waals surface area contributed by atoms with Gasteiger partial charge in [-0.05, 0) is 0 Å². The fourth-order valence-electron chi connectivity index (χ4n) is 0. The molecule has 0 aromatic rings. The normalized spacial score (nSPS) is 7.83. The predicted octanol–water partition coefficient (Wildman–Crippen LogP) is -0.163. The first kappa shape index (κ1) is 6.27. The molecule has 0 aliphatic carbocycles. The molecule has 0 saturated carbocycles. The molecule has 0 saturated heterocycles. The van der Waals surface area contributed by atoms with E-state index in [-0.39, 0.29) is 3.92 Å². The quantitative estimate of drug-likeness (QED) is 0.487. The van der Waals surface area contributed by atoms with E-state index in [2.05, 4.69) is 0 Å². The van der Waals surface area contributed by atoms with Crippen LogP contribution in [0.15, 0.2) is 0 Å². The van der Waals surface area contributed by atoms with Crippen molar-refractivity contribution in [2.75, 3.05) is 14.1 Å². The zero-order valence-corrected chi connectivity index (χ0v) is 6.71. The molecule has 2 nitrogen and oxygen atoms in total. The van der Waals surface area contributed by atoms with Crippen molar-refractivity contribution in [3.63, 3.8) is 0 Å². The summed E-state index contributed by atoms with van der Waals surface area (Å²) >= 11 is 0.953. The van der Waals surface area contributed by atoms with Crippen LogP contribution in [0.5, 0.6) is 0 Å². The van der Waals surface area contributed by atoms with Crippen molar-refractivity contribution in [1.82, 2.24) is 4.90 Å². The Kier molecular flexibility index (Phi) is 2.55. The zero-order chi connectivity index (χ0) is 5.15. The third-order valence-electron chi connectivity index (χ3n) is 0.406. The molecular weight excluding hydrogens is 185 g/mol. The molecule has 3 radical (unpaired) electrons. The van der Waals surface area contributed by atoms with Crippen molar-refractivity contribution in [2.45, 2.75) is 0 Å². The molecule has 3 heteroatoms. The first-order valence-corrected chi connectivity index (χ1v) is 3.00. The summed E-state index contributed by atoms with van der Waals surface area (Å²) in [6.07, 6.45) is 0. The summed E-state index contributed by atoms with van der Waals surface area (Å²) in [6, 6.07) is 0.